The second-order valence-corrected chi connectivity index (χ2v) is 8.27. The summed E-state index contributed by atoms with van der Waals surface area (Å²) in [6.07, 6.45) is 0.379. The van der Waals surface area contributed by atoms with Crippen LogP contribution in [0.3, 0.4) is 0 Å². The van der Waals surface area contributed by atoms with E-state index in [1.807, 2.05) is 0 Å². The topological polar surface area (TPSA) is 161 Å². The number of phenolic OH excluding ortho intramolecular Hbond substituents is 1. The van der Waals surface area contributed by atoms with E-state index < -0.39 is 58.0 Å². The molecule has 30 heavy (non-hydrogen) atoms. The lowest BCUT2D eigenvalue weighted by Crippen LogP contribution is -2.65. The summed E-state index contributed by atoms with van der Waals surface area (Å²) in [5, 5.41) is 43.1. The minimum Gasteiger partial charge on any atom is -0.508 e. The standard InChI is InChI=1S/C21H22N2O7/c1-23(2)15-10-7-9-6-8-4-3-5-11(24)12(8)16(25)13(9)18(27)21(10,30)19(28)14(17(15)26)20(22)29/h3-5,9-10,15,24-25,28,30H,6-7H2,1-2H3,(H2,22,29)/t9-,10-,15-,21-/m0/s1. The Balaban J connectivity index is 1.98. The number of rotatable bonds is 2. The summed E-state index contributed by atoms with van der Waals surface area (Å²) in [5.41, 5.74) is 2.41. The molecule has 1 saturated carbocycles. The number of hydrogen-bond acceptors (Lipinski definition) is 8. The van der Waals surface area contributed by atoms with Crippen molar-refractivity contribution in [1.29, 1.82) is 0 Å². The molecule has 0 aliphatic heterocycles. The van der Waals surface area contributed by atoms with Crippen molar-refractivity contribution in [1.82, 2.24) is 4.90 Å². The summed E-state index contributed by atoms with van der Waals surface area (Å²) in [4.78, 5) is 39.7. The number of likely N-dealkylation sites (N-methyl/N-ethyl adjacent to an activating group) is 1. The number of fused-ring (bicyclic) bond motifs is 3. The highest BCUT2D eigenvalue weighted by molar-refractivity contribution is 6.24. The summed E-state index contributed by atoms with van der Waals surface area (Å²) in [7, 11) is 3.12. The van der Waals surface area contributed by atoms with Crippen LogP contribution >= 0.6 is 0 Å². The average Bonchev–Trinajstić information content (AvgIpc) is 2.64. The third kappa shape index (κ3) is 2.39. The zero-order valence-corrected chi connectivity index (χ0v) is 16.4. The van der Waals surface area contributed by atoms with Crippen LogP contribution in [0.5, 0.6) is 5.75 Å². The number of ketones is 2. The van der Waals surface area contributed by atoms with Crippen molar-refractivity contribution in [2.24, 2.45) is 17.6 Å². The lowest BCUT2D eigenvalue weighted by atomic mass is 9.57. The number of aliphatic hydroxyl groups excluding tert-OH is 2. The van der Waals surface area contributed by atoms with Crippen LogP contribution in [-0.4, -0.2) is 68.5 Å². The van der Waals surface area contributed by atoms with Gasteiger partial charge in [0.1, 0.15) is 22.8 Å². The first-order chi connectivity index (χ1) is 14.0. The van der Waals surface area contributed by atoms with Crippen LogP contribution in [-0.2, 0) is 20.8 Å². The number of phenols is 1. The highest BCUT2D eigenvalue weighted by atomic mass is 16.3. The van der Waals surface area contributed by atoms with Crippen LogP contribution in [0.4, 0.5) is 0 Å². The minimum atomic E-state index is -2.60. The van der Waals surface area contributed by atoms with Gasteiger partial charge in [-0.15, -0.1) is 0 Å². The van der Waals surface area contributed by atoms with E-state index in [-0.39, 0.29) is 23.3 Å². The predicted octanol–water partition coefficient (Wildman–Crippen LogP) is -0.0360. The molecule has 0 spiro atoms. The van der Waals surface area contributed by atoms with Gasteiger partial charge in [-0.25, -0.2) is 0 Å². The van der Waals surface area contributed by atoms with E-state index in [2.05, 4.69) is 0 Å². The number of nitrogens with two attached hydrogens (primary N) is 1. The zero-order chi connectivity index (χ0) is 22.1. The van der Waals surface area contributed by atoms with Crippen LogP contribution < -0.4 is 5.73 Å². The smallest absolute Gasteiger partial charge is 0.255 e. The van der Waals surface area contributed by atoms with Crippen molar-refractivity contribution in [2.45, 2.75) is 24.5 Å². The lowest BCUT2D eigenvalue weighted by Gasteiger charge is -2.50. The van der Waals surface area contributed by atoms with E-state index >= 15 is 0 Å². The number of carbonyl (C=O) groups is 3. The van der Waals surface area contributed by atoms with Gasteiger partial charge in [0.2, 0.25) is 5.78 Å². The second-order valence-electron chi connectivity index (χ2n) is 8.27. The van der Waals surface area contributed by atoms with Crippen LogP contribution in [0.1, 0.15) is 17.5 Å². The number of aliphatic hydroxyl groups is 3. The largest absolute Gasteiger partial charge is 0.508 e. The molecule has 0 heterocycles. The molecule has 0 bridgehead atoms. The van der Waals surface area contributed by atoms with Crippen LogP contribution in [0.15, 0.2) is 35.1 Å². The van der Waals surface area contributed by atoms with Crippen molar-refractivity contribution in [3.05, 3.63) is 46.2 Å². The van der Waals surface area contributed by atoms with Crippen molar-refractivity contribution in [3.8, 4) is 5.75 Å². The molecule has 0 unspecified atom stereocenters. The molecule has 4 atom stereocenters. The summed E-state index contributed by atoms with van der Waals surface area (Å²) in [6.45, 7) is 0. The lowest BCUT2D eigenvalue weighted by molar-refractivity contribution is -0.153. The fourth-order valence-electron chi connectivity index (χ4n) is 5.18. The molecule has 9 heteroatoms. The first-order valence-electron chi connectivity index (χ1n) is 9.47. The first kappa shape index (κ1) is 20.1. The number of Topliss-reactive ketones (excluding diaryl/α,β-unsaturated/α-hetero) is 2. The van der Waals surface area contributed by atoms with E-state index in [1.165, 1.54) is 11.0 Å². The molecule has 6 N–H and O–H groups in total. The van der Waals surface area contributed by atoms with Gasteiger partial charge < -0.3 is 26.2 Å². The van der Waals surface area contributed by atoms with Crippen molar-refractivity contribution in [2.75, 3.05) is 14.1 Å². The SMILES string of the molecule is CN(C)[C@@H]1C(=O)C(C(N)=O)=C(O)[C@@]2(O)C(=O)C3=C(O)c4c(O)cccc4C[C@H]3C[C@@H]12. The molecule has 4 rings (SSSR count). The van der Waals surface area contributed by atoms with E-state index in [1.54, 1.807) is 26.2 Å². The number of hydrogen-bond donors (Lipinski definition) is 5. The van der Waals surface area contributed by atoms with Crippen molar-refractivity contribution >= 4 is 23.2 Å². The number of aromatic hydroxyl groups is 1. The van der Waals surface area contributed by atoms with E-state index in [4.69, 9.17) is 5.73 Å². The number of amides is 1. The van der Waals surface area contributed by atoms with Gasteiger partial charge in [-0.2, -0.15) is 0 Å². The fraction of sp³-hybridized carbons (Fsp3) is 0.381. The molecule has 0 aromatic heterocycles. The van der Waals surface area contributed by atoms with Gasteiger partial charge in [0.25, 0.3) is 5.91 Å². The molecule has 1 amide bonds. The van der Waals surface area contributed by atoms with Crippen LogP contribution in [0.25, 0.3) is 5.76 Å². The average molecular weight is 414 g/mol. The van der Waals surface area contributed by atoms with Gasteiger partial charge in [-0.3, -0.25) is 19.3 Å². The molecular formula is C21H22N2O7. The van der Waals surface area contributed by atoms with E-state index in [0.29, 0.717) is 12.0 Å². The van der Waals surface area contributed by atoms with Crippen molar-refractivity contribution < 1.29 is 34.8 Å². The number of carbonyl (C=O) groups excluding carboxylic acids is 3. The molecular weight excluding hydrogens is 392 g/mol. The highest BCUT2D eigenvalue weighted by Crippen LogP contribution is 2.52. The molecule has 1 aromatic rings. The normalized spacial score (nSPS) is 30.9. The van der Waals surface area contributed by atoms with Gasteiger partial charge in [0.05, 0.1) is 11.6 Å². The Bertz CT molecular complexity index is 1070. The number of nitrogens with zero attached hydrogens (tertiary/aromatic N) is 1. The molecule has 0 saturated heterocycles. The molecule has 1 aromatic carbocycles. The zero-order valence-electron chi connectivity index (χ0n) is 16.4. The Labute approximate surface area is 171 Å². The number of primary amides is 1. The Morgan fingerprint density at radius 2 is 1.87 bits per heavy atom. The summed E-state index contributed by atoms with van der Waals surface area (Å²) in [5.74, 6) is -6.43. The third-order valence-electron chi connectivity index (χ3n) is 6.46. The Kier molecular flexibility index (Phi) is 4.30. The van der Waals surface area contributed by atoms with Gasteiger partial charge >= 0.3 is 0 Å². The van der Waals surface area contributed by atoms with Crippen molar-refractivity contribution in [3.63, 3.8) is 0 Å². The Morgan fingerprint density at radius 1 is 1.20 bits per heavy atom. The Hall–Kier alpha value is -3.17. The fourth-order valence-corrected chi connectivity index (χ4v) is 5.18. The van der Waals surface area contributed by atoms with Gasteiger partial charge in [0.15, 0.2) is 11.4 Å². The maximum atomic E-state index is 13.5. The van der Waals surface area contributed by atoms with E-state index in [0.717, 1.165) is 0 Å². The molecule has 158 valence electrons. The summed E-state index contributed by atoms with van der Waals surface area (Å²) in [6, 6.07) is 3.62. The van der Waals surface area contributed by atoms with Crippen LogP contribution in [0, 0.1) is 11.8 Å². The third-order valence-corrected chi connectivity index (χ3v) is 6.46. The monoisotopic (exact) mass is 414 g/mol. The first-order valence-corrected chi connectivity index (χ1v) is 9.47. The van der Waals surface area contributed by atoms with Crippen LogP contribution in [0.2, 0.25) is 0 Å². The highest BCUT2D eigenvalue weighted by Gasteiger charge is 2.64. The molecule has 3 aliphatic rings. The van der Waals surface area contributed by atoms with Gasteiger partial charge in [-0.05, 0) is 44.5 Å². The quantitative estimate of drug-likeness (QED) is 0.421. The molecule has 9 nitrogen and oxygen atoms in total. The number of benzene rings is 1. The maximum absolute atomic E-state index is 13.5. The minimum absolute atomic E-state index is 0.0847. The van der Waals surface area contributed by atoms with Gasteiger partial charge in [0, 0.05) is 11.5 Å². The Morgan fingerprint density at radius 3 is 2.47 bits per heavy atom. The predicted molar refractivity (Wildman–Crippen MR) is 104 cm³/mol. The molecule has 3 aliphatic carbocycles. The van der Waals surface area contributed by atoms with Gasteiger partial charge in [-0.1, -0.05) is 12.1 Å². The van der Waals surface area contributed by atoms with E-state index in [9.17, 15) is 34.8 Å². The molecule has 0 radical (unpaired) electrons. The second kappa shape index (κ2) is 6.41. The molecule has 1 fully saturated rings. The maximum Gasteiger partial charge on any atom is 0.255 e. The summed E-state index contributed by atoms with van der Waals surface area (Å²) >= 11 is 0. The summed E-state index contributed by atoms with van der Waals surface area (Å²) < 4.78 is 0.